The number of carbonyl (C=O) groups is 1. The summed E-state index contributed by atoms with van der Waals surface area (Å²) in [5.74, 6) is -0.104. The molecule has 0 aromatic carbocycles. The monoisotopic (exact) mass is 224 g/mol. The summed E-state index contributed by atoms with van der Waals surface area (Å²) in [4.78, 5) is 26.7. The number of carbonyl (C=O) groups excluding carboxylic acids is 1. The molecule has 0 aliphatic carbocycles. The number of hydrogen-bond donors (Lipinski definition) is 1. The zero-order valence-corrected chi connectivity index (χ0v) is 9.53. The number of H-pyrrole nitrogens is 1. The number of methoxy groups -OCH3 is 1. The maximum absolute atomic E-state index is 11.8. The van der Waals surface area contributed by atoms with E-state index in [1.54, 1.807) is 19.1 Å². The molecule has 5 heteroatoms. The van der Waals surface area contributed by atoms with Crippen molar-refractivity contribution >= 4 is 5.91 Å². The quantitative estimate of drug-likeness (QED) is 0.740. The summed E-state index contributed by atoms with van der Waals surface area (Å²) in [5.41, 5.74) is 0.276. The minimum atomic E-state index is -0.210. The van der Waals surface area contributed by atoms with E-state index in [1.165, 1.54) is 18.3 Å². The van der Waals surface area contributed by atoms with Crippen LogP contribution in [0.25, 0.3) is 0 Å². The standard InChI is InChI=1S/C11H16N2O3/c1-13(6-3-7-16-2)11(15)9-4-5-10(14)12-8-9/h4-5,8H,3,6-7H2,1-2H3,(H,12,14). The lowest BCUT2D eigenvalue weighted by atomic mass is 10.2. The number of hydrogen-bond acceptors (Lipinski definition) is 3. The van der Waals surface area contributed by atoms with Crippen LogP contribution in [0.5, 0.6) is 0 Å². The number of nitrogens with one attached hydrogen (secondary N) is 1. The summed E-state index contributed by atoms with van der Waals surface area (Å²) in [7, 11) is 3.35. The van der Waals surface area contributed by atoms with E-state index in [1.807, 2.05) is 0 Å². The van der Waals surface area contributed by atoms with Crippen molar-refractivity contribution in [2.45, 2.75) is 6.42 Å². The van der Waals surface area contributed by atoms with Gasteiger partial charge in [-0.3, -0.25) is 9.59 Å². The van der Waals surface area contributed by atoms with Crippen LogP contribution >= 0.6 is 0 Å². The van der Waals surface area contributed by atoms with Crippen molar-refractivity contribution in [3.8, 4) is 0 Å². The van der Waals surface area contributed by atoms with Gasteiger partial charge in [-0.2, -0.15) is 0 Å². The van der Waals surface area contributed by atoms with Crippen LogP contribution in [0.15, 0.2) is 23.1 Å². The Bertz CT molecular complexity index is 380. The highest BCUT2D eigenvalue weighted by Crippen LogP contribution is 2.00. The second-order valence-corrected chi connectivity index (χ2v) is 3.51. The van der Waals surface area contributed by atoms with Crippen molar-refractivity contribution < 1.29 is 9.53 Å². The predicted octanol–water partition coefficient (Wildman–Crippen LogP) is 0.483. The molecule has 5 nitrogen and oxygen atoms in total. The van der Waals surface area contributed by atoms with Gasteiger partial charge in [0.2, 0.25) is 5.56 Å². The number of rotatable bonds is 5. The Balaban J connectivity index is 2.56. The average Bonchev–Trinajstić information content (AvgIpc) is 2.29. The highest BCUT2D eigenvalue weighted by molar-refractivity contribution is 5.93. The molecule has 0 unspecified atom stereocenters. The molecule has 88 valence electrons. The molecule has 0 aliphatic rings. The predicted molar refractivity (Wildman–Crippen MR) is 60.5 cm³/mol. The van der Waals surface area contributed by atoms with Gasteiger partial charge < -0.3 is 14.6 Å². The van der Waals surface area contributed by atoms with Crippen molar-refractivity contribution in [1.82, 2.24) is 9.88 Å². The zero-order chi connectivity index (χ0) is 12.0. The first-order valence-corrected chi connectivity index (χ1v) is 5.08. The van der Waals surface area contributed by atoms with E-state index in [0.29, 0.717) is 18.7 Å². The van der Waals surface area contributed by atoms with Gasteiger partial charge >= 0.3 is 0 Å². The number of amides is 1. The molecular formula is C11H16N2O3. The summed E-state index contributed by atoms with van der Waals surface area (Å²) in [6.45, 7) is 1.26. The number of aromatic nitrogens is 1. The van der Waals surface area contributed by atoms with Gasteiger partial charge in [0.15, 0.2) is 0 Å². The molecule has 1 heterocycles. The largest absolute Gasteiger partial charge is 0.385 e. The Hall–Kier alpha value is -1.62. The molecule has 0 saturated carbocycles. The van der Waals surface area contributed by atoms with Crippen LogP contribution < -0.4 is 5.56 Å². The lowest BCUT2D eigenvalue weighted by Crippen LogP contribution is -2.28. The van der Waals surface area contributed by atoms with Gasteiger partial charge in [0.05, 0.1) is 5.56 Å². The first kappa shape index (κ1) is 12.4. The van der Waals surface area contributed by atoms with E-state index < -0.39 is 0 Å². The average molecular weight is 224 g/mol. The van der Waals surface area contributed by atoms with Crippen LogP contribution in [-0.4, -0.2) is 43.1 Å². The maximum atomic E-state index is 11.8. The third-order valence-electron chi connectivity index (χ3n) is 2.22. The van der Waals surface area contributed by atoms with Gasteiger partial charge in [0, 0.05) is 39.6 Å². The lowest BCUT2D eigenvalue weighted by molar-refractivity contribution is 0.0779. The number of aromatic amines is 1. The van der Waals surface area contributed by atoms with Crippen LogP contribution in [0.1, 0.15) is 16.8 Å². The van der Waals surface area contributed by atoms with Crippen LogP contribution in [0, 0.1) is 0 Å². The maximum Gasteiger partial charge on any atom is 0.255 e. The molecule has 1 aromatic rings. The summed E-state index contributed by atoms with van der Waals surface area (Å²) in [6, 6.07) is 2.87. The van der Waals surface area contributed by atoms with Gasteiger partial charge in [0.25, 0.3) is 5.91 Å². The molecular weight excluding hydrogens is 208 g/mol. The fraction of sp³-hybridized carbons (Fsp3) is 0.455. The molecule has 1 aromatic heterocycles. The Labute approximate surface area is 94.0 Å². The highest BCUT2D eigenvalue weighted by atomic mass is 16.5. The Morgan fingerprint density at radius 1 is 1.50 bits per heavy atom. The SMILES string of the molecule is COCCCN(C)C(=O)c1ccc(=O)[nH]c1. The molecule has 0 aliphatic heterocycles. The third kappa shape index (κ3) is 3.51. The zero-order valence-electron chi connectivity index (χ0n) is 9.53. The number of pyridine rings is 1. The molecule has 1 amide bonds. The minimum Gasteiger partial charge on any atom is -0.385 e. The van der Waals surface area contributed by atoms with Crippen molar-refractivity contribution in [2.24, 2.45) is 0 Å². The van der Waals surface area contributed by atoms with Gasteiger partial charge in [-0.25, -0.2) is 0 Å². The fourth-order valence-corrected chi connectivity index (χ4v) is 1.31. The molecule has 16 heavy (non-hydrogen) atoms. The second-order valence-electron chi connectivity index (χ2n) is 3.51. The van der Waals surface area contributed by atoms with Crippen LogP contribution in [-0.2, 0) is 4.74 Å². The number of ether oxygens (including phenoxy) is 1. The molecule has 0 bridgehead atoms. The molecule has 0 atom stereocenters. The van der Waals surface area contributed by atoms with Gasteiger partial charge in [-0.1, -0.05) is 0 Å². The van der Waals surface area contributed by atoms with Crippen LogP contribution in [0.2, 0.25) is 0 Å². The third-order valence-corrected chi connectivity index (χ3v) is 2.22. The molecule has 1 rings (SSSR count). The first-order chi connectivity index (χ1) is 7.65. The van der Waals surface area contributed by atoms with Crippen molar-refractivity contribution in [1.29, 1.82) is 0 Å². The first-order valence-electron chi connectivity index (χ1n) is 5.08. The highest BCUT2D eigenvalue weighted by Gasteiger charge is 2.10. The second kappa shape index (κ2) is 6.07. The molecule has 0 spiro atoms. The molecule has 0 radical (unpaired) electrons. The van der Waals surface area contributed by atoms with E-state index in [-0.39, 0.29) is 11.5 Å². The van der Waals surface area contributed by atoms with E-state index in [9.17, 15) is 9.59 Å². The van der Waals surface area contributed by atoms with E-state index >= 15 is 0 Å². The minimum absolute atomic E-state index is 0.104. The van der Waals surface area contributed by atoms with Gasteiger partial charge in [-0.05, 0) is 12.5 Å². The van der Waals surface area contributed by atoms with Crippen molar-refractivity contribution in [3.05, 3.63) is 34.2 Å². The lowest BCUT2D eigenvalue weighted by Gasteiger charge is -2.16. The van der Waals surface area contributed by atoms with Gasteiger partial charge in [-0.15, -0.1) is 0 Å². The molecule has 0 saturated heterocycles. The van der Waals surface area contributed by atoms with Gasteiger partial charge in [0.1, 0.15) is 0 Å². The van der Waals surface area contributed by atoms with E-state index in [4.69, 9.17) is 4.74 Å². The van der Waals surface area contributed by atoms with Crippen molar-refractivity contribution in [3.63, 3.8) is 0 Å². The molecule has 1 N–H and O–H groups in total. The van der Waals surface area contributed by atoms with E-state index in [0.717, 1.165) is 6.42 Å². The smallest absolute Gasteiger partial charge is 0.255 e. The summed E-state index contributed by atoms with van der Waals surface area (Å²) in [6.07, 6.45) is 2.22. The normalized spacial score (nSPS) is 10.1. The van der Waals surface area contributed by atoms with Crippen LogP contribution in [0.3, 0.4) is 0 Å². The summed E-state index contributed by atoms with van der Waals surface area (Å²) >= 11 is 0. The van der Waals surface area contributed by atoms with E-state index in [2.05, 4.69) is 4.98 Å². The fourth-order valence-electron chi connectivity index (χ4n) is 1.31. The number of nitrogens with zero attached hydrogens (tertiary/aromatic N) is 1. The summed E-state index contributed by atoms with van der Waals surface area (Å²) in [5, 5.41) is 0. The Kier molecular flexibility index (Phi) is 4.72. The Morgan fingerprint density at radius 2 is 2.25 bits per heavy atom. The summed E-state index contributed by atoms with van der Waals surface area (Å²) < 4.78 is 4.91. The van der Waals surface area contributed by atoms with Crippen molar-refractivity contribution in [2.75, 3.05) is 27.3 Å². The molecule has 0 fully saturated rings. The Morgan fingerprint density at radius 3 is 2.81 bits per heavy atom. The topological polar surface area (TPSA) is 62.4 Å². The van der Waals surface area contributed by atoms with Crippen LogP contribution in [0.4, 0.5) is 0 Å².